The van der Waals surface area contributed by atoms with Crippen molar-refractivity contribution in [1.82, 2.24) is 0 Å². The van der Waals surface area contributed by atoms with Crippen LogP contribution in [0.5, 0.6) is 0 Å². The fourth-order valence-corrected chi connectivity index (χ4v) is 1.64. The maximum Gasteiger partial charge on any atom is 0.309 e. The fourth-order valence-electron chi connectivity index (χ4n) is 1.25. The Bertz CT molecular complexity index is 430. The van der Waals surface area contributed by atoms with Crippen molar-refractivity contribution in [3.63, 3.8) is 0 Å². The van der Waals surface area contributed by atoms with E-state index >= 15 is 0 Å². The van der Waals surface area contributed by atoms with Crippen molar-refractivity contribution in [3.8, 4) is 0 Å². The van der Waals surface area contributed by atoms with Gasteiger partial charge in [0.1, 0.15) is 5.82 Å². The Balaban J connectivity index is 3.15. The Hall–Kier alpha value is -0.800. The van der Waals surface area contributed by atoms with E-state index in [0.717, 1.165) is 0 Å². The van der Waals surface area contributed by atoms with Crippen LogP contribution < -0.4 is 0 Å². The topological polar surface area (TPSA) is 37.3 Å². The number of hydrogen-bond acceptors (Lipinski definition) is 1. The Morgan fingerprint density at radius 1 is 1.38 bits per heavy atom. The smallest absolute Gasteiger partial charge is 0.309 e. The first-order chi connectivity index (χ1) is 7.25. The van der Waals surface area contributed by atoms with Gasteiger partial charge in [-0.15, -0.1) is 0 Å². The lowest BCUT2D eigenvalue weighted by atomic mass is 9.86. The van der Waals surface area contributed by atoms with Gasteiger partial charge in [0.15, 0.2) is 0 Å². The number of aliphatic carboxylic acids is 1. The molecule has 2 nitrogen and oxygen atoms in total. The molecule has 16 heavy (non-hydrogen) atoms. The monoisotopic (exact) mass is 264 g/mol. The summed E-state index contributed by atoms with van der Waals surface area (Å²) in [6.45, 7) is 3.01. The Labute approximate surface area is 103 Å². The van der Waals surface area contributed by atoms with Crippen LogP contribution in [0.25, 0.3) is 0 Å². The first-order valence-corrected chi connectivity index (χ1v) is 5.37. The predicted octanol–water partition coefficient (Wildman–Crippen LogP) is 3.79. The number of rotatable bonds is 3. The van der Waals surface area contributed by atoms with E-state index in [1.54, 1.807) is 0 Å². The molecular weight excluding hydrogens is 254 g/mol. The Morgan fingerprint density at radius 2 is 1.88 bits per heavy atom. The second-order valence-electron chi connectivity index (χ2n) is 4.19. The van der Waals surface area contributed by atoms with Gasteiger partial charge in [0.05, 0.1) is 10.4 Å². The molecule has 88 valence electrons. The van der Waals surface area contributed by atoms with Crippen molar-refractivity contribution in [2.45, 2.75) is 20.3 Å². The average Bonchev–Trinajstić information content (AvgIpc) is 2.18. The standard InChI is InChI=1S/C11H11Cl2FO2/c1-11(2,10(15)16)5-6-7(12)3-4-8(13)9(6)14/h3-4H,5H2,1-2H3,(H,15,16). The maximum atomic E-state index is 13.6. The summed E-state index contributed by atoms with van der Waals surface area (Å²) in [5, 5.41) is 9.09. The number of halogens is 3. The number of benzene rings is 1. The summed E-state index contributed by atoms with van der Waals surface area (Å²) in [4.78, 5) is 10.9. The van der Waals surface area contributed by atoms with Crippen molar-refractivity contribution >= 4 is 29.2 Å². The molecule has 1 aromatic carbocycles. The predicted molar refractivity (Wildman–Crippen MR) is 61.5 cm³/mol. The molecule has 0 bridgehead atoms. The lowest BCUT2D eigenvalue weighted by molar-refractivity contribution is -0.146. The highest BCUT2D eigenvalue weighted by Crippen LogP contribution is 2.31. The van der Waals surface area contributed by atoms with E-state index in [1.807, 2.05) is 0 Å². The summed E-state index contributed by atoms with van der Waals surface area (Å²) < 4.78 is 13.6. The third-order valence-corrected chi connectivity index (χ3v) is 2.98. The van der Waals surface area contributed by atoms with Gasteiger partial charge < -0.3 is 5.11 Å². The molecule has 0 aromatic heterocycles. The summed E-state index contributed by atoms with van der Waals surface area (Å²) in [7, 11) is 0. The third kappa shape index (κ3) is 2.66. The zero-order valence-electron chi connectivity index (χ0n) is 8.85. The van der Waals surface area contributed by atoms with Crippen LogP contribution in [0.4, 0.5) is 4.39 Å². The van der Waals surface area contributed by atoms with Gasteiger partial charge in [-0.1, -0.05) is 23.2 Å². The minimum Gasteiger partial charge on any atom is -0.481 e. The van der Waals surface area contributed by atoms with Crippen LogP contribution in [0.1, 0.15) is 19.4 Å². The average molecular weight is 265 g/mol. The van der Waals surface area contributed by atoms with Crippen LogP contribution in [0.2, 0.25) is 10.0 Å². The summed E-state index contributed by atoms with van der Waals surface area (Å²) in [6, 6.07) is 2.80. The molecule has 0 heterocycles. The molecular formula is C11H11Cl2FO2. The number of carbonyl (C=O) groups is 1. The van der Waals surface area contributed by atoms with E-state index in [2.05, 4.69) is 0 Å². The first kappa shape index (κ1) is 13.3. The van der Waals surface area contributed by atoms with E-state index in [-0.39, 0.29) is 22.0 Å². The fraction of sp³-hybridized carbons (Fsp3) is 0.364. The van der Waals surface area contributed by atoms with Crippen LogP contribution >= 0.6 is 23.2 Å². The maximum absolute atomic E-state index is 13.6. The molecule has 0 unspecified atom stereocenters. The largest absolute Gasteiger partial charge is 0.481 e. The summed E-state index contributed by atoms with van der Waals surface area (Å²) >= 11 is 11.4. The SMILES string of the molecule is CC(C)(Cc1c(Cl)ccc(Cl)c1F)C(=O)O. The van der Waals surface area contributed by atoms with Gasteiger partial charge in [-0.3, -0.25) is 4.79 Å². The normalized spacial score (nSPS) is 11.6. The molecule has 1 N–H and O–H groups in total. The van der Waals surface area contributed by atoms with Crippen molar-refractivity contribution < 1.29 is 14.3 Å². The highest BCUT2D eigenvalue weighted by molar-refractivity contribution is 6.33. The van der Waals surface area contributed by atoms with Gasteiger partial charge in [0, 0.05) is 10.6 Å². The molecule has 0 saturated heterocycles. The van der Waals surface area contributed by atoms with E-state index < -0.39 is 17.2 Å². The Morgan fingerprint density at radius 3 is 2.38 bits per heavy atom. The molecule has 0 fully saturated rings. The number of carboxylic acids is 1. The molecule has 0 atom stereocenters. The number of hydrogen-bond donors (Lipinski definition) is 1. The molecule has 1 aromatic rings. The van der Waals surface area contributed by atoms with Gasteiger partial charge in [0.2, 0.25) is 0 Å². The summed E-state index contributed by atoms with van der Waals surface area (Å²) in [5.41, 5.74) is -0.948. The van der Waals surface area contributed by atoms with Crippen LogP contribution in [0.3, 0.4) is 0 Å². The third-order valence-electron chi connectivity index (χ3n) is 2.34. The number of carboxylic acid groups (broad SMARTS) is 1. The highest BCUT2D eigenvalue weighted by Gasteiger charge is 2.30. The minimum atomic E-state index is -1.09. The second-order valence-corrected chi connectivity index (χ2v) is 5.00. The van der Waals surface area contributed by atoms with Crippen molar-refractivity contribution in [1.29, 1.82) is 0 Å². The molecule has 0 aliphatic carbocycles. The van der Waals surface area contributed by atoms with Gasteiger partial charge >= 0.3 is 5.97 Å². The van der Waals surface area contributed by atoms with Gasteiger partial charge in [0.25, 0.3) is 0 Å². The zero-order chi connectivity index (χ0) is 12.5. The molecule has 0 radical (unpaired) electrons. The van der Waals surface area contributed by atoms with Crippen LogP contribution in [0, 0.1) is 11.2 Å². The van der Waals surface area contributed by atoms with Crippen LogP contribution in [-0.4, -0.2) is 11.1 Å². The van der Waals surface area contributed by atoms with E-state index in [1.165, 1.54) is 26.0 Å². The van der Waals surface area contributed by atoms with Gasteiger partial charge in [-0.05, 0) is 32.4 Å². The highest BCUT2D eigenvalue weighted by atomic mass is 35.5. The Kier molecular flexibility index (Phi) is 3.81. The van der Waals surface area contributed by atoms with Crippen LogP contribution in [0.15, 0.2) is 12.1 Å². The lowest BCUT2D eigenvalue weighted by Crippen LogP contribution is -2.26. The van der Waals surface area contributed by atoms with E-state index in [9.17, 15) is 9.18 Å². The van der Waals surface area contributed by atoms with Crippen molar-refractivity contribution in [3.05, 3.63) is 33.6 Å². The molecule has 0 spiro atoms. The van der Waals surface area contributed by atoms with Crippen molar-refractivity contribution in [2.75, 3.05) is 0 Å². The van der Waals surface area contributed by atoms with E-state index in [0.29, 0.717) is 0 Å². The van der Waals surface area contributed by atoms with E-state index in [4.69, 9.17) is 28.3 Å². The molecule has 0 amide bonds. The first-order valence-electron chi connectivity index (χ1n) is 4.61. The van der Waals surface area contributed by atoms with Gasteiger partial charge in [-0.25, -0.2) is 4.39 Å². The second kappa shape index (κ2) is 4.60. The zero-order valence-corrected chi connectivity index (χ0v) is 10.4. The lowest BCUT2D eigenvalue weighted by Gasteiger charge is -2.20. The molecule has 0 aliphatic heterocycles. The molecule has 0 saturated carbocycles. The quantitative estimate of drug-likeness (QED) is 0.844. The van der Waals surface area contributed by atoms with Crippen LogP contribution in [-0.2, 0) is 11.2 Å². The molecule has 5 heteroatoms. The van der Waals surface area contributed by atoms with Gasteiger partial charge in [-0.2, -0.15) is 0 Å². The summed E-state index contributed by atoms with van der Waals surface area (Å²) in [6.07, 6.45) is -0.00639. The molecule has 0 aliphatic rings. The summed E-state index contributed by atoms with van der Waals surface area (Å²) in [5.74, 6) is -1.66. The minimum absolute atomic E-state index is 0.00639. The van der Waals surface area contributed by atoms with Crippen molar-refractivity contribution in [2.24, 2.45) is 5.41 Å². The molecule has 1 rings (SSSR count).